The van der Waals surface area contributed by atoms with Gasteiger partial charge >= 0.3 is 6.18 Å². The lowest BCUT2D eigenvalue weighted by molar-refractivity contribution is -0.137. The molecule has 0 saturated heterocycles. The average molecular weight is 349 g/mol. The van der Waals surface area contributed by atoms with Gasteiger partial charge in [-0.25, -0.2) is 12.8 Å². The summed E-state index contributed by atoms with van der Waals surface area (Å²) in [4.78, 5) is -0.282. The van der Waals surface area contributed by atoms with Crippen LogP contribution in [0.4, 0.5) is 23.2 Å². The van der Waals surface area contributed by atoms with Crippen LogP contribution in [0.2, 0.25) is 0 Å². The number of methoxy groups -OCH3 is 1. The molecule has 0 aliphatic heterocycles. The van der Waals surface area contributed by atoms with Crippen molar-refractivity contribution in [3.8, 4) is 5.75 Å². The first kappa shape index (κ1) is 17.1. The second-order valence-electron chi connectivity index (χ2n) is 4.48. The number of hydrogen-bond donors (Lipinski definition) is 1. The highest BCUT2D eigenvalue weighted by atomic mass is 32.2. The molecule has 0 unspecified atom stereocenters. The third-order valence-corrected chi connectivity index (χ3v) is 4.28. The largest absolute Gasteiger partial charge is 0.494 e. The van der Waals surface area contributed by atoms with Crippen LogP contribution in [0.3, 0.4) is 0 Å². The minimum atomic E-state index is -4.51. The lowest BCUT2D eigenvalue weighted by Crippen LogP contribution is -2.13. The molecule has 2 aromatic rings. The maximum atomic E-state index is 13.3. The number of rotatable bonds is 4. The fourth-order valence-corrected chi connectivity index (χ4v) is 2.82. The average Bonchev–Trinajstić information content (AvgIpc) is 2.46. The summed E-state index contributed by atoms with van der Waals surface area (Å²) in [7, 11) is -2.91. The first-order chi connectivity index (χ1) is 10.6. The van der Waals surface area contributed by atoms with E-state index in [9.17, 15) is 26.0 Å². The Kier molecular flexibility index (Phi) is 4.51. The Bertz CT molecular complexity index is 802. The van der Waals surface area contributed by atoms with Gasteiger partial charge in [0.2, 0.25) is 0 Å². The summed E-state index contributed by atoms with van der Waals surface area (Å²) in [5.74, 6) is -0.999. The van der Waals surface area contributed by atoms with Crippen LogP contribution >= 0.6 is 0 Å². The third kappa shape index (κ3) is 3.92. The van der Waals surface area contributed by atoms with Gasteiger partial charge in [0.25, 0.3) is 10.0 Å². The Morgan fingerprint density at radius 2 is 1.65 bits per heavy atom. The predicted octanol–water partition coefficient (Wildman–Crippen LogP) is 3.65. The molecule has 124 valence electrons. The molecular formula is C14H11F4NO3S. The fraction of sp³-hybridized carbons (Fsp3) is 0.143. The molecule has 4 nitrogen and oxygen atoms in total. The summed E-state index contributed by atoms with van der Waals surface area (Å²) < 4.78 is 81.8. The van der Waals surface area contributed by atoms with Crippen molar-refractivity contribution in [3.05, 3.63) is 53.8 Å². The van der Waals surface area contributed by atoms with Crippen molar-refractivity contribution in [3.63, 3.8) is 0 Å². The van der Waals surface area contributed by atoms with E-state index in [-0.39, 0.29) is 16.3 Å². The van der Waals surface area contributed by atoms with E-state index in [1.54, 1.807) is 0 Å². The molecule has 0 aliphatic carbocycles. The monoisotopic (exact) mass is 349 g/mol. The van der Waals surface area contributed by atoms with Crippen molar-refractivity contribution in [1.82, 2.24) is 0 Å². The minimum absolute atomic E-state index is 0.0544. The summed E-state index contributed by atoms with van der Waals surface area (Å²) in [6.45, 7) is 0. The first-order valence-corrected chi connectivity index (χ1v) is 7.65. The summed E-state index contributed by atoms with van der Waals surface area (Å²) in [6.07, 6.45) is -4.51. The van der Waals surface area contributed by atoms with Gasteiger partial charge in [-0.2, -0.15) is 13.2 Å². The standard InChI is InChI=1S/C14H11F4NO3S/c1-22-13-8-11(6-7-12(13)15)23(20,21)19-10-4-2-9(3-5-10)14(16,17)18/h2-8,19H,1H3. The first-order valence-electron chi connectivity index (χ1n) is 6.17. The van der Waals surface area contributed by atoms with Gasteiger partial charge in [0.15, 0.2) is 11.6 Å². The van der Waals surface area contributed by atoms with Crippen LogP contribution in [0.25, 0.3) is 0 Å². The van der Waals surface area contributed by atoms with Crippen LogP contribution in [0.15, 0.2) is 47.4 Å². The van der Waals surface area contributed by atoms with Crippen molar-refractivity contribution in [2.45, 2.75) is 11.1 Å². The van der Waals surface area contributed by atoms with E-state index in [4.69, 9.17) is 4.74 Å². The van der Waals surface area contributed by atoms with Gasteiger partial charge in [-0.05, 0) is 36.4 Å². The molecule has 2 rings (SSSR count). The Hall–Kier alpha value is -2.29. The van der Waals surface area contributed by atoms with Crippen LogP contribution in [-0.2, 0) is 16.2 Å². The molecule has 0 saturated carbocycles. The smallest absolute Gasteiger partial charge is 0.416 e. The normalized spacial score (nSPS) is 12.0. The maximum absolute atomic E-state index is 13.3. The molecule has 0 radical (unpaired) electrons. The molecule has 23 heavy (non-hydrogen) atoms. The quantitative estimate of drug-likeness (QED) is 0.857. The van der Waals surface area contributed by atoms with E-state index in [2.05, 4.69) is 4.72 Å². The second-order valence-corrected chi connectivity index (χ2v) is 6.16. The number of alkyl halides is 3. The maximum Gasteiger partial charge on any atom is 0.416 e. The van der Waals surface area contributed by atoms with Crippen molar-refractivity contribution in [2.24, 2.45) is 0 Å². The van der Waals surface area contributed by atoms with Crippen molar-refractivity contribution >= 4 is 15.7 Å². The van der Waals surface area contributed by atoms with Crippen molar-refractivity contribution < 1.29 is 30.7 Å². The van der Waals surface area contributed by atoms with E-state index in [0.717, 1.165) is 42.5 Å². The molecule has 0 fully saturated rings. The van der Waals surface area contributed by atoms with Gasteiger partial charge in [-0.15, -0.1) is 0 Å². The van der Waals surface area contributed by atoms with E-state index in [1.807, 2.05) is 0 Å². The van der Waals surface area contributed by atoms with Gasteiger partial charge in [0, 0.05) is 11.8 Å². The van der Waals surface area contributed by atoms with E-state index < -0.39 is 27.6 Å². The number of sulfonamides is 1. The molecule has 0 aliphatic rings. The molecular weight excluding hydrogens is 338 g/mol. The van der Waals surface area contributed by atoms with E-state index in [0.29, 0.717) is 0 Å². The zero-order valence-corrected chi connectivity index (χ0v) is 12.5. The summed E-state index contributed by atoms with van der Waals surface area (Å²) >= 11 is 0. The van der Waals surface area contributed by atoms with Crippen LogP contribution in [0.5, 0.6) is 5.75 Å². The SMILES string of the molecule is COc1cc(S(=O)(=O)Nc2ccc(C(F)(F)F)cc2)ccc1F. The molecule has 0 spiro atoms. The lowest BCUT2D eigenvalue weighted by Gasteiger charge is -2.11. The van der Waals surface area contributed by atoms with Crippen LogP contribution in [0, 0.1) is 5.82 Å². The number of benzene rings is 2. The highest BCUT2D eigenvalue weighted by Crippen LogP contribution is 2.30. The van der Waals surface area contributed by atoms with Gasteiger partial charge in [0.05, 0.1) is 17.6 Å². The molecule has 0 atom stereocenters. The molecule has 1 N–H and O–H groups in total. The highest BCUT2D eigenvalue weighted by molar-refractivity contribution is 7.92. The number of ether oxygens (including phenoxy) is 1. The number of hydrogen-bond acceptors (Lipinski definition) is 3. The second kappa shape index (κ2) is 6.07. The molecule has 0 amide bonds. The van der Waals surface area contributed by atoms with Gasteiger partial charge in [-0.3, -0.25) is 4.72 Å². The minimum Gasteiger partial charge on any atom is -0.494 e. The molecule has 9 heteroatoms. The van der Waals surface area contributed by atoms with Crippen molar-refractivity contribution in [1.29, 1.82) is 0 Å². The lowest BCUT2D eigenvalue weighted by atomic mass is 10.2. The van der Waals surface area contributed by atoms with Crippen LogP contribution in [-0.4, -0.2) is 15.5 Å². The number of anilines is 1. The number of halogens is 4. The van der Waals surface area contributed by atoms with E-state index in [1.165, 1.54) is 7.11 Å². The molecule has 0 heterocycles. The predicted molar refractivity (Wildman–Crippen MR) is 75.2 cm³/mol. The molecule has 0 bridgehead atoms. The van der Waals surface area contributed by atoms with Gasteiger partial charge in [-0.1, -0.05) is 0 Å². The third-order valence-electron chi connectivity index (χ3n) is 2.90. The zero-order chi connectivity index (χ0) is 17.3. The van der Waals surface area contributed by atoms with E-state index >= 15 is 0 Å². The van der Waals surface area contributed by atoms with Crippen LogP contribution < -0.4 is 9.46 Å². The Morgan fingerprint density at radius 1 is 1.04 bits per heavy atom. The Morgan fingerprint density at radius 3 is 2.17 bits per heavy atom. The highest BCUT2D eigenvalue weighted by Gasteiger charge is 2.30. The summed E-state index contributed by atoms with van der Waals surface area (Å²) in [6, 6.07) is 6.39. The molecule has 2 aromatic carbocycles. The van der Waals surface area contributed by atoms with Gasteiger partial charge in [0.1, 0.15) is 0 Å². The topological polar surface area (TPSA) is 55.4 Å². The summed E-state index contributed by atoms with van der Waals surface area (Å²) in [5, 5.41) is 0. The Balaban J connectivity index is 2.28. The summed E-state index contributed by atoms with van der Waals surface area (Å²) in [5.41, 5.74) is -0.954. The molecule has 0 aromatic heterocycles. The van der Waals surface area contributed by atoms with Crippen molar-refractivity contribution in [2.75, 3.05) is 11.8 Å². The van der Waals surface area contributed by atoms with Crippen LogP contribution in [0.1, 0.15) is 5.56 Å². The Labute approximate surface area is 129 Å². The fourth-order valence-electron chi connectivity index (χ4n) is 1.75. The van der Waals surface area contributed by atoms with Gasteiger partial charge < -0.3 is 4.74 Å². The number of nitrogens with one attached hydrogen (secondary N) is 1. The zero-order valence-electron chi connectivity index (χ0n) is 11.7.